The Labute approximate surface area is 351 Å². The lowest BCUT2D eigenvalue weighted by atomic mass is 10.1. The third-order valence-electron chi connectivity index (χ3n) is 10.2. The Kier molecular flexibility index (Phi) is 45.0. The van der Waals surface area contributed by atoms with Crippen LogP contribution in [0.15, 0.2) is 12.2 Å². The van der Waals surface area contributed by atoms with E-state index in [1.807, 2.05) is 0 Å². The van der Waals surface area contributed by atoms with E-state index >= 15 is 0 Å². The van der Waals surface area contributed by atoms with Crippen molar-refractivity contribution in [1.82, 2.24) is 0 Å². The van der Waals surface area contributed by atoms with Crippen LogP contribution >= 0.6 is 37.5 Å². The van der Waals surface area contributed by atoms with Crippen LogP contribution in [0, 0.1) is 0 Å². The van der Waals surface area contributed by atoms with E-state index in [-0.39, 0.29) is 6.29 Å². The van der Waals surface area contributed by atoms with Gasteiger partial charge in [0.2, 0.25) is 0 Å². The summed E-state index contributed by atoms with van der Waals surface area (Å²) in [6.45, 7) is 13.0. The maximum Gasteiger partial charge on any atom is 0.333 e. The van der Waals surface area contributed by atoms with Gasteiger partial charge >= 0.3 is 8.56 Å². The molecule has 0 rings (SSSR count). The van der Waals surface area contributed by atoms with Crippen LogP contribution in [-0.2, 0) is 13.6 Å². The number of allylic oxidation sites excluding steroid dienone is 2. The highest BCUT2D eigenvalue weighted by molar-refractivity contribution is 9.09. The van der Waals surface area contributed by atoms with Crippen LogP contribution in [0.1, 0.15) is 233 Å². The van der Waals surface area contributed by atoms with Crippen LogP contribution in [0.3, 0.4) is 0 Å². The summed E-state index contributed by atoms with van der Waals surface area (Å²) in [6, 6.07) is 0. The molecule has 0 aromatic rings. The maximum absolute atomic E-state index is 6.77. The predicted octanol–water partition coefficient (Wildman–Crippen LogP) is 17.7. The Hall–Kier alpha value is 1.02. The second-order valence-electron chi connectivity index (χ2n) is 16.2. The summed E-state index contributed by atoms with van der Waals surface area (Å²) >= 11 is 3.56. The number of unbranched alkanes of at least 4 members (excludes halogenated alkanes) is 26. The minimum atomic E-state index is -2.27. The largest absolute Gasteiger partial charge is 0.394 e. The molecule has 3 nitrogen and oxygen atoms in total. The smallest absolute Gasteiger partial charge is 0.333 e. The Morgan fingerprint density at radius 1 is 0.528 bits per heavy atom. The molecule has 2 unspecified atom stereocenters. The average molecular weight is 866 g/mol. The first-order valence-corrected chi connectivity index (χ1v) is 29.7. The molecule has 53 heavy (non-hydrogen) atoms. The monoisotopic (exact) mass is 865 g/mol. The van der Waals surface area contributed by atoms with Crippen molar-refractivity contribution in [1.29, 1.82) is 0 Å². The van der Waals surface area contributed by atoms with Crippen molar-refractivity contribution in [3.05, 3.63) is 12.2 Å². The molecule has 0 aliphatic carbocycles. The molecule has 0 spiro atoms. The molecule has 0 heterocycles. The van der Waals surface area contributed by atoms with Crippen LogP contribution in [-0.4, -0.2) is 44.4 Å². The maximum atomic E-state index is 6.77. The number of ether oxygens (including phenoxy) is 1. The quantitative estimate of drug-likeness (QED) is 0.0152. The molecule has 2 atom stereocenters. The van der Waals surface area contributed by atoms with Crippen LogP contribution in [0.2, 0.25) is 13.1 Å². The van der Waals surface area contributed by atoms with E-state index < -0.39 is 8.56 Å². The van der Waals surface area contributed by atoms with Gasteiger partial charge in [0, 0.05) is 22.9 Å². The van der Waals surface area contributed by atoms with Gasteiger partial charge in [-0.2, -0.15) is 0 Å². The van der Waals surface area contributed by atoms with Gasteiger partial charge in [0.25, 0.3) is 0 Å². The Balaban J connectivity index is 4.83. The van der Waals surface area contributed by atoms with Crippen molar-refractivity contribution in [2.45, 2.75) is 257 Å². The van der Waals surface area contributed by atoms with E-state index in [2.05, 4.69) is 83.5 Å². The average Bonchev–Trinajstić information content (AvgIpc) is 3.15. The van der Waals surface area contributed by atoms with Gasteiger partial charge < -0.3 is 13.6 Å². The Morgan fingerprint density at radius 3 is 1.53 bits per heavy atom. The van der Waals surface area contributed by atoms with Crippen molar-refractivity contribution in [3.63, 3.8) is 0 Å². The van der Waals surface area contributed by atoms with E-state index in [4.69, 9.17) is 13.6 Å². The number of rotatable bonds is 45. The Bertz CT molecular complexity index is 729. The summed E-state index contributed by atoms with van der Waals surface area (Å²) in [7, 11) is 1.94. The highest BCUT2D eigenvalue weighted by Gasteiger charge is 2.29. The van der Waals surface area contributed by atoms with E-state index in [0.29, 0.717) is 5.25 Å². The van der Waals surface area contributed by atoms with E-state index in [1.54, 1.807) is 0 Å². The lowest BCUT2D eigenvalue weighted by Crippen LogP contribution is -2.41. The summed E-state index contributed by atoms with van der Waals surface area (Å²) < 4.78 is 19.9. The fourth-order valence-corrected chi connectivity index (χ4v) is 11.3. The van der Waals surface area contributed by atoms with Gasteiger partial charge in [-0.15, -0.1) is 0 Å². The molecule has 0 radical (unpaired) electrons. The fourth-order valence-electron chi connectivity index (χ4n) is 6.74. The highest BCUT2D eigenvalue weighted by Crippen LogP contribution is 2.32. The molecule has 0 aliphatic rings. The number of alkyl halides is 1. The van der Waals surface area contributed by atoms with Crippen molar-refractivity contribution < 1.29 is 13.6 Å². The first kappa shape index (κ1) is 54.0. The lowest BCUT2D eigenvalue weighted by molar-refractivity contribution is -0.103. The molecule has 0 bridgehead atoms. The van der Waals surface area contributed by atoms with Gasteiger partial charge in [0.15, 0.2) is 0 Å². The molecule has 0 aromatic carbocycles. The molecule has 0 saturated carbocycles. The van der Waals surface area contributed by atoms with Crippen LogP contribution < -0.4 is 0 Å². The second-order valence-corrected chi connectivity index (χ2v) is 23.1. The summed E-state index contributed by atoms with van der Waals surface area (Å²) in [5.41, 5.74) is 0. The van der Waals surface area contributed by atoms with E-state index in [9.17, 15) is 0 Å². The van der Waals surface area contributed by atoms with Crippen molar-refractivity contribution in [3.8, 4) is 0 Å². The first-order chi connectivity index (χ1) is 26.0. The lowest BCUT2D eigenvalue weighted by Gasteiger charge is -2.30. The normalized spacial score (nSPS) is 13.4. The van der Waals surface area contributed by atoms with Gasteiger partial charge in [-0.3, -0.25) is 0 Å². The third-order valence-corrected chi connectivity index (χ3v) is 15.5. The van der Waals surface area contributed by atoms with E-state index in [1.165, 1.54) is 205 Å². The minimum Gasteiger partial charge on any atom is -0.394 e. The number of halogens is 1. The second kappa shape index (κ2) is 44.1. The van der Waals surface area contributed by atoms with Crippen LogP contribution in [0.25, 0.3) is 0 Å². The minimum absolute atomic E-state index is 0.139. The Morgan fingerprint density at radius 2 is 0.981 bits per heavy atom. The fraction of sp³-hybridized carbons (Fsp3) is 0.957. The van der Waals surface area contributed by atoms with E-state index in [0.717, 1.165) is 31.4 Å². The zero-order valence-corrected chi connectivity index (χ0v) is 40.6. The molecular formula is C46H93BrO3S2Si. The summed E-state index contributed by atoms with van der Waals surface area (Å²) in [6.07, 6.45) is 48.4. The zero-order chi connectivity index (χ0) is 38.8. The van der Waals surface area contributed by atoms with Crippen molar-refractivity contribution in [2.24, 2.45) is 0 Å². The SMILES string of the molecule is CCCCCCCC/C=C\CCCCCCCC(OCC(CCCCCCCC)SSCCCCCCCCCC)O[Si](C)(C)OCCCCCCBr. The van der Waals surface area contributed by atoms with Gasteiger partial charge in [-0.1, -0.05) is 218 Å². The van der Waals surface area contributed by atoms with Crippen molar-refractivity contribution in [2.75, 3.05) is 24.3 Å². The number of hydrogen-bond acceptors (Lipinski definition) is 5. The molecule has 0 N–H and O–H groups in total. The molecule has 0 amide bonds. The van der Waals surface area contributed by atoms with Gasteiger partial charge in [0.1, 0.15) is 6.29 Å². The molecule has 7 heteroatoms. The molecule has 0 aliphatic heterocycles. The summed E-state index contributed by atoms with van der Waals surface area (Å²) in [4.78, 5) is 0. The van der Waals surface area contributed by atoms with Crippen LogP contribution in [0.5, 0.6) is 0 Å². The number of hydrogen-bond donors (Lipinski definition) is 0. The molecule has 0 saturated heterocycles. The zero-order valence-electron chi connectivity index (χ0n) is 36.4. The molecule has 318 valence electrons. The van der Waals surface area contributed by atoms with Crippen molar-refractivity contribution >= 4 is 46.1 Å². The molecular weight excluding hydrogens is 773 g/mol. The first-order valence-electron chi connectivity index (χ1n) is 23.4. The van der Waals surface area contributed by atoms with Gasteiger partial charge in [0.05, 0.1) is 6.61 Å². The summed E-state index contributed by atoms with van der Waals surface area (Å²) in [5, 5.41) is 1.64. The van der Waals surface area contributed by atoms with Gasteiger partial charge in [-0.25, -0.2) is 0 Å². The summed E-state index contributed by atoms with van der Waals surface area (Å²) in [5.74, 6) is 1.27. The predicted molar refractivity (Wildman–Crippen MR) is 250 cm³/mol. The molecule has 0 fully saturated rings. The topological polar surface area (TPSA) is 27.7 Å². The van der Waals surface area contributed by atoms with Gasteiger partial charge in [-0.05, 0) is 77.3 Å². The highest BCUT2D eigenvalue weighted by atomic mass is 79.9. The molecule has 0 aromatic heterocycles. The van der Waals surface area contributed by atoms with Crippen LogP contribution in [0.4, 0.5) is 0 Å². The standard InChI is InChI=1S/C46H93BrO3S2Si/c1-6-9-12-15-18-20-21-22-23-24-25-26-27-30-35-40-46(50-53(4,5)49-42-37-32-31-36-41-47)48-44-45(39-34-29-17-14-11-8-3)52-51-43-38-33-28-19-16-13-10-7-2/h22-23,45-46H,6-21,24-44H2,1-5H3/b23-22-. The third kappa shape index (κ3) is 42.4.